The number of aromatic nitrogens is 1. The highest BCUT2D eigenvalue weighted by molar-refractivity contribution is 7.09. The maximum Gasteiger partial charge on any atom is 0.231 e. The zero-order valence-electron chi connectivity index (χ0n) is 14.8. The SMILES string of the molecule is CCc1sc[n+](-c2c(C)ccc(C)c2-c2ccccc2)c1CC.[Cl-]. The predicted octanol–water partition coefficient (Wildman–Crippen LogP) is 2.44. The van der Waals surface area contributed by atoms with Gasteiger partial charge in [-0.2, -0.15) is 4.57 Å². The van der Waals surface area contributed by atoms with Gasteiger partial charge in [-0.25, -0.2) is 0 Å². The Morgan fingerprint density at radius 1 is 0.875 bits per heavy atom. The van der Waals surface area contributed by atoms with Crippen molar-refractivity contribution in [3.05, 3.63) is 69.7 Å². The smallest absolute Gasteiger partial charge is 0.231 e. The Balaban J connectivity index is 0.00000208. The van der Waals surface area contributed by atoms with E-state index >= 15 is 0 Å². The average Bonchev–Trinajstić information content (AvgIpc) is 3.00. The molecule has 0 saturated heterocycles. The third-order valence-electron chi connectivity index (χ3n) is 4.46. The molecule has 3 aromatic rings. The summed E-state index contributed by atoms with van der Waals surface area (Å²) in [4.78, 5) is 1.49. The van der Waals surface area contributed by atoms with Crippen LogP contribution in [0.1, 0.15) is 35.5 Å². The molecule has 126 valence electrons. The number of nitrogens with zero attached hydrogens (tertiary/aromatic N) is 1. The van der Waals surface area contributed by atoms with Gasteiger partial charge in [0.1, 0.15) is 0 Å². The number of rotatable bonds is 4. The Morgan fingerprint density at radius 2 is 1.54 bits per heavy atom. The number of hydrogen-bond donors (Lipinski definition) is 0. The number of halogens is 1. The summed E-state index contributed by atoms with van der Waals surface area (Å²) in [5.41, 5.74) is 10.4. The van der Waals surface area contributed by atoms with Gasteiger partial charge >= 0.3 is 0 Å². The van der Waals surface area contributed by atoms with Crippen LogP contribution in [0.4, 0.5) is 0 Å². The van der Waals surface area contributed by atoms with Gasteiger partial charge in [-0.3, -0.25) is 0 Å². The molecule has 0 N–H and O–H groups in total. The van der Waals surface area contributed by atoms with Crippen molar-refractivity contribution >= 4 is 11.3 Å². The number of hydrogen-bond acceptors (Lipinski definition) is 1. The van der Waals surface area contributed by atoms with Crippen LogP contribution in [0.25, 0.3) is 16.8 Å². The summed E-state index contributed by atoms with van der Waals surface area (Å²) in [7, 11) is 0. The van der Waals surface area contributed by atoms with E-state index in [4.69, 9.17) is 0 Å². The maximum atomic E-state index is 2.42. The molecule has 2 aromatic carbocycles. The summed E-state index contributed by atoms with van der Waals surface area (Å²) >= 11 is 1.88. The Bertz CT molecular complexity index is 821. The third kappa shape index (κ3) is 3.26. The first-order chi connectivity index (χ1) is 11.2. The van der Waals surface area contributed by atoms with Crippen molar-refractivity contribution in [3.63, 3.8) is 0 Å². The molecule has 1 nitrogen and oxygen atoms in total. The molecule has 0 atom stereocenters. The highest BCUT2D eigenvalue weighted by Gasteiger charge is 2.25. The monoisotopic (exact) mass is 357 g/mol. The van der Waals surface area contributed by atoms with Crippen molar-refractivity contribution in [1.82, 2.24) is 0 Å². The second-order valence-electron chi connectivity index (χ2n) is 5.96. The van der Waals surface area contributed by atoms with Crippen LogP contribution in [0.3, 0.4) is 0 Å². The van der Waals surface area contributed by atoms with E-state index in [1.807, 2.05) is 11.3 Å². The van der Waals surface area contributed by atoms with Crippen molar-refractivity contribution in [3.8, 4) is 16.8 Å². The zero-order chi connectivity index (χ0) is 16.4. The van der Waals surface area contributed by atoms with Crippen molar-refractivity contribution in [2.24, 2.45) is 0 Å². The third-order valence-corrected chi connectivity index (χ3v) is 5.59. The van der Waals surface area contributed by atoms with E-state index < -0.39 is 0 Å². The maximum absolute atomic E-state index is 2.42. The minimum atomic E-state index is 0. The average molecular weight is 358 g/mol. The van der Waals surface area contributed by atoms with Crippen molar-refractivity contribution in [1.29, 1.82) is 0 Å². The molecule has 0 amide bonds. The summed E-state index contributed by atoms with van der Waals surface area (Å²) in [6.07, 6.45) is 2.17. The van der Waals surface area contributed by atoms with Crippen LogP contribution in [0.5, 0.6) is 0 Å². The van der Waals surface area contributed by atoms with Crippen LogP contribution in [-0.2, 0) is 12.8 Å². The first-order valence-electron chi connectivity index (χ1n) is 8.34. The minimum absolute atomic E-state index is 0. The van der Waals surface area contributed by atoms with E-state index in [9.17, 15) is 0 Å². The molecule has 0 fully saturated rings. The molecule has 0 aliphatic carbocycles. The molecule has 24 heavy (non-hydrogen) atoms. The first-order valence-corrected chi connectivity index (χ1v) is 9.22. The molecule has 0 saturated carbocycles. The Kier molecular flexibility index (Phi) is 6.20. The molecule has 3 heteroatoms. The standard InChI is InChI=1S/C21H24NS.ClH/c1-5-18-19(6-2)23-14-22(18)21-16(4)13-12-15(3)20(21)17-10-8-7-9-11-17;/h7-14H,5-6H2,1-4H3;1H/q+1;/p-1. The lowest BCUT2D eigenvalue weighted by molar-refractivity contribution is -0.598. The highest BCUT2D eigenvalue weighted by atomic mass is 35.5. The molecule has 0 bridgehead atoms. The van der Waals surface area contributed by atoms with Crippen LogP contribution in [0.15, 0.2) is 48.0 Å². The predicted molar refractivity (Wildman–Crippen MR) is 99.5 cm³/mol. The van der Waals surface area contributed by atoms with Gasteiger partial charge in [-0.1, -0.05) is 67.6 Å². The van der Waals surface area contributed by atoms with E-state index in [1.165, 1.54) is 38.5 Å². The minimum Gasteiger partial charge on any atom is -1.00 e. The van der Waals surface area contributed by atoms with Gasteiger partial charge in [0, 0.05) is 12.0 Å². The van der Waals surface area contributed by atoms with Crippen molar-refractivity contribution in [2.75, 3.05) is 0 Å². The topological polar surface area (TPSA) is 3.88 Å². The quantitative estimate of drug-likeness (QED) is 0.631. The fourth-order valence-corrected chi connectivity index (χ4v) is 4.31. The van der Waals surface area contributed by atoms with Gasteiger partial charge in [0.15, 0.2) is 0 Å². The summed E-state index contributed by atoms with van der Waals surface area (Å²) in [5, 5.41) is 0. The Hall–Kier alpha value is -1.64. The summed E-state index contributed by atoms with van der Waals surface area (Å²) in [6, 6.07) is 15.2. The normalized spacial score (nSPS) is 10.5. The van der Waals surface area contributed by atoms with Crippen LogP contribution in [-0.4, -0.2) is 0 Å². The van der Waals surface area contributed by atoms with Gasteiger partial charge in [0.05, 0.1) is 10.4 Å². The second kappa shape index (κ2) is 7.96. The fraction of sp³-hybridized carbons (Fsp3) is 0.286. The van der Waals surface area contributed by atoms with E-state index in [0.29, 0.717) is 0 Å². The lowest BCUT2D eigenvalue weighted by Crippen LogP contribution is -3.00. The lowest BCUT2D eigenvalue weighted by Gasteiger charge is -2.11. The van der Waals surface area contributed by atoms with Crippen LogP contribution >= 0.6 is 11.3 Å². The number of thiazole rings is 1. The molecule has 0 aliphatic heterocycles. The van der Waals surface area contributed by atoms with Gasteiger partial charge in [0.25, 0.3) is 0 Å². The second-order valence-corrected chi connectivity index (χ2v) is 6.90. The molecule has 0 aliphatic rings. The first kappa shape index (κ1) is 18.7. The lowest BCUT2D eigenvalue weighted by atomic mass is 9.95. The van der Waals surface area contributed by atoms with Crippen LogP contribution in [0.2, 0.25) is 0 Å². The molecule has 3 rings (SSSR count). The number of aryl methyl sites for hydroxylation is 3. The molecule has 1 heterocycles. The summed E-state index contributed by atoms with van der Waals surface area (Å²) < 4.78 is 2.42. The summed E-state index contributed by atoms with van der Waals surface area (Å²) in [6.45, 7) is 8.93. The van der Waals surface area contributed by atoms with Crippen molar-refractivity contribution in [2.45, 2.75) is 40.5 Å². The number of benzene rings is 2. The Labute approximate surface area is 155 Å². The molecule has 0 spiro atoms. The van der Waals surface area contributed by atoms with E-state index in [-0.39, 0.29) is 12.4 Å². The highest BCUT2D eigenvalue weighted by Crippen LogP contribution is 2.31. The van der Waals surface area contributed by atoms with Gasteiger partial charge in [-0.15, -0.1) is 0 Å². The van der Waals surface area contributed by atoms with Gasteiger partial charge in [0.2, 0.25) is 16.9 Å². The molecule has 0 unspecified atom stereocenters. The van der Waals surface area contributed by atoms with Gasteiger partial charge < -0.3 is 12.4 Å². The Morgan fingerprint density at radius 3 is 2.17 bits per heavy atom. The molecule has 0 radical (unpaired) electrons. The molecule has 1 aromatic heterocycles. The van der Waals surface area contributed by atoms with Crippen molar-refractivity contribution < 1.29 is 17.0 Å². The fourth-order valence-electron chi connectivity index (χ4n) is 3.30. The molecular formula is C21H24ClNS. The summed E-state index contributed by atoms with van der Waals surface area (Å²) in [5.74, 6) is 0. The van der Waals surface area contributed by atoms with E-state index in [0.717, 1.165) is 12.8 Å². The zero-order valence-corrected chi connectivity index (χ0v) is 16.3. The van der Waals surface area contributed by atoms with E-state index in [2.05, 4.69) is 80.2 Å². The molecular weight excluding hydrogens is 334 g/mol. The van der Waals surface area contributed by atoms with Crippen LogP contribution in [0, 0.1) is 13.8 Å². The largest absolute Gasteiger partial charge is 1.00 e. The van der Waals surface area contributed by atoms with Gasteiger partial charge in [-0.05, 0) is 31.4 Å². The van der Waals surface area contributed by atoms with E-state index in [1.54, 1.807) is 0 Å². The van der Waals surface area contributed by atoms with Crippen LogP contribution < -0.4 is 17.0 Å².